The van der Waals surface area contributed by atoms with Crippen LogP contribution in [0.1, 0.15) is 58.8 Å². The second-order valence-electron chi connectivity index (χ2n) is 4.44. The lowest BCUT2D eigenvalue weighted by atomic mass is 10.0. The van der Waals surface area contributed by atoms with Gasteiger partial charge in [-0.15, -0.1) is 0 Å². The molecule has 0 amide bonds. The minimum atomic E-state index is -0.405. The highest BCUT2D eigenvalue weighted by atomic mass is 16.3. The molecule has 0 aromatic rings. The summed E-state index contributed by atoms with van der Waals surface area (Å²) in [7, 11) is 0. The molecule has 0 saturated carbocycles. The minimum absolute atomic E-state index is 0.298. The summed E-state index contributed by atoms with van der Waals surface area (Å²) in [5, 5.41) is 9.26. The molecule has 0 saturated heterocycles. The van der Waals surface area contributed by atoms with Gasteiger partial charge in [-0.3, -0.25) is 0 Å². The van der Waals surface area contributed by atoms with Crippen molar-refractivity contribution >= 4 is 6.29 Å². The normalized spacial score (nSPS) is 13.1. The van der Waals surface area contributed by atoms with Crippen LogP contribution >= 0.6 is 0 Å². The van der Waals surface area contributed by atoms with E-state index in [1.807, 2.05) is 0 Å². The summed E-state index contributed by atoms with van der Waals surface area (Å²) in [5.74, 6) is 0.802. The molecule has 0 rings (SSSR count). The van der Waals surface area contributed by atoms with E-state index >= 15 is 0 Å². The maximum atomic E-state index is 10.1. The number of unbranched alkanes of at least 4 members (excludes halogenated alkanes) is 3. The van der Waals surface area contributed by atoms with E-state index in [0.717, 1.165) is 25.0 Å². The van der Waals surface area contributed by atoms with Crippen LogP contribution in [0.25, 0.3) is 0 Å². The Hall–Kier alpha value is -0.370. The van der Waals surface area contributed by atoms with Gasteiger partial charge in [0.05, 0.1) is 6.10 Å². The second kappa shape index (κ2) is 9.20. The standard InChI is InChI=1S/C12H24O2/c1-11(2)7-5-3-4-6-8-12(14)9-10-13/h10-12,14H,3-9H2,1-2H3. The minimum Gasteiger partial charge on any atom is -0.393 e. The first-order valence-electron chi connectivity index (χ1n) is 5.78. The molecule has 0 aromatic carbocycles. The van der Waals surface area contributed by atoms with E-state index < -0.39 is 6.10 Å². The van der Waals surface area contributed by atoms with E-state index in [1.165, 1.54) is 25.7 Å². The molecule has 1 N–H and O–H groups in total. The summed E-state index contributed by atoms with van der Waals surface area (Å²) in [5.41, 5.74) is 0. The SMILES string of the molecule is CC(C)CCCCCCC(O)CC=O. The molecule has 84 valence electrons. The Balaban J connectivity index is 3.09. The molecule has 1 atom stereocenters. The lowest BCUT2D eigenvalue weighted by molar-refractivity contribution is -0.109. The summed E-state index contributed by atoms with van der Waals surface area (Å²) in [4.78, 5) is 10.1. The van der Waals surface area contributed by atoms with Crippen LogP contribution < -0.4 is 0 Å². The Morgan fingerprint density at radius 2 is 1.64 bits per heavy atom. The monoisotopic (exact) mass is 200 g/mol. The molecule has 1 unspecified atom stereocenters. The Morgan fingerprint density at radius 3 is 2.14 bits per heavy atom. The molecule has 0 spiro atoms. The van der Waals surface area contributed by atoms with Gasteiger partial charge in [0.1, 0.15) is 6.29 Å². The molecule has 2 nitrogen and oxygen atoms in total. The highest BCUT2D eigenvalue weighted by Crippen LogP contribution is 2.11. The van der Waals surface area contributed by atoms with Crippen LogP contribution in [0.3, 0.4) is 0 Å². The van der Waals surface area contributed by atoms with Gasteiger partial charge in [-0.2, -0.15) is 0 Å². The fourth-order valence-electron chi connectivity index (χ4n) is 1.52. The molecular weight excluding hydrogens is 176 g/mol. The Morgan fingerprint density at radius 1 is 1.07 bits per heavy atom. The summed E-state index contributed by atoms with van der Waals surface area (Å²) in [6.07, 6.45) is 7.55. The van der Waals surface area contributed by atoms with Gasteiger partial charge in [-0.25, -0.2) is 0 Å². The number of aldehydes is 1. The van der Waals surface area contributed by atoms with Crippen molar-refractivity contribution in [2.45, 2.75) is 64.9 Å². The van der Waals surface area contributed by atoms with Crippen molar-refractivity contribution in [2.24, 2.45) is 5.92 Å². The Bertz CT molecular complexity index is 132. The number of aliphatic hydroxyl groups excluding tert-OH is 1. The average molecular weight is 200 g/mol. The van der Waals surface area contributed by atoms with Crippen LogP contribution in [0.15, 0.2) is 0 Å². The van der Waals surface area contributed by atoms with Crippen LogP contribution in [0, 0.1) is 5.92 Å². The molecule has 0 radical (unpaired) electrons. The van der Waals surface area contributed by atoms with Crippen LogP contribution in [-0.2, 0) is 4.79 Å². The number of aliphatic hydroxyl groups is 1. The second-order valence-corrected chi connectivity index (χ2v) is 4.44. The van der Waals surface area contributed by atoms with Gasteiger partial charge >= 0.3 is 0 Å². The lowest BCUT2D eigenvalue weighted by Gasteiger charge is -2.07. The fourth-order valence-corrected chi connectivity index (χ4v) is 1.52. The maximum Gasteiger partial charge on any atom is 0.122 e. The molecule has 0 bridgehead atoms. The smallest absolute Gasteiger partial charge is 0.122 e. The van der Waals surface area contributed by atoms with Crippen molar-refractivity contribution in [1.29, 1.82) is 0 Å². The van der Waals surface area contributed by atoms with Crippen LogP contribution in [0.2, 0.25) is 0 Å². The third-order valence-electron chi connectivity index (χ3n) is 2.44. The third kappa shape index (κ3) is 9.72. The zero-order chi connectivity index (χ0) is 10.8. The average Bonchev–Trinajstić information content (AvgIpc) is 2.11. The molecular formula is C12H24O2. The number of carbonyl (C=O) groups is 1. The Labute approximate surface area is 87.7 Å². The quantitative estimate of drug-likeness (QED) is 0.459. The van der Waals surface area contributed by atoms with E-state index in [1.54, 1.807) is 0 Å². The van der Waals surface area contributed by atoms with Crippen molar-refractivity contribution < 1.29 is 9.90 Å². The molecule has 14 heavy (non-hydrogen) atoms. The van der Waals surface area contributed by atoms with Crippen molar-refractivity contribution in [1.82, 2.24) is 0 Å². The van der Waals surface area contributed by atoms with Crippen LogP contribution in [-0.4, -0.2) is 17.5 Å². The van der Waals surface area contributed by atoms with E-state index in [4.69, 9.17) is 0 Å². The zero-order valence-electron chi connectivity index (χ0n) is 9.54. The summed E-state index contributed by atoms with van der Waals surface area (Å²) >= 11 is 0. The first-order valence-corrected chi connectivity index (χ1v) is 5.78. The van der Waals surface area contributed by atoms with Gasteiger partial charge in [0.15, 0.2) is 0 Å². The van der Waals surface area contributed by atoms with E-state index in [-0.39, 0.29) is 0 Å². The molecule has 0 aliphatic heterocycles. The first kappa shape index (κ1) is 13.6. The van der Waals surface area contributed by atoms with Gasteiger partial charge in [0.25, 0.3) is 0 Å². The number of carbonyl (C=O) groups excluding carboxylic acids is 1. The van der Waals surface area contributed by atoms with Gasteiger partial charge < -0.3 is 9.90 Å². The maximum absolute atomic E-state index is 10.1. The largest absolute Gasteiger partial charge is 0.393 e. The topological polar surface area (TPSA) is 37.3 Å². The van der Waals surface area contributed by atoms with E-state index in [0.29, 0.717) is 6.42 Å². The van der Waals surface area contributed by atoms with Crippen LogP contribution in [0.5, 0.6) is 0 Å². The first-order chi connectivity index (χ1) is 6.66. The summed E-state index contributed by atoms with van der Waals surface area (Å²) in [6, 6.07) is 0. The highest BCUT2D eigenvalue weighted by Gasteiger charge is 2.02. The Kier molecular flexibility index (Phi) is 8.95. The lowest BCUT2D eigenvalue weighted by Crippen LogP contribution is -2.06. The predicted molar refractivity (Wildman–Crippen MR) is 59.2 cm³/mol. The van der Waals surface area contributed by atoms with Gasteiger partial charge in [0, 0.05) is 6.42 Å². The predicted octanol–water partition coefficient (Wildman–Crippen LogP) is 2.93. The summed E-state index contributed by atoms with van der Waals surface area (Å²) < 4.78 is 0. The van der Waals surface area contributed by atoms with Crippen molar-refractivity contribution in [3.8, 4) is 0 Å². The molecule has 2 heteroatoms. The molecule has 0 aliphatic carbocycles. The summed E-state index contributed by atoms with van der Waals surface area (Å²) in [6.45, 7) is 4.49. The molecule has 0 heterocycles. The van der Waals surface area contributed by atoms with E-state index in [9.17, 15) is 9.90 Å². The van der Waals surface area contributed by atoms with Crippen molar-refractivity contribution in [3.05, 3.63) is 0 Å². The fraction of sp³-hybridized carbons (Fsp3) is 0.917. The third-order valence-corrected chi connectivity index (χ3v) is 2.44. The zero-order valence-corrected chi connectivity index (χ0v) is 9.54. The number of rotatable bonds is 9. The van der Waals surface area contributed by atoms with Gasteiger partial charge in [0.2, 0.25) is 0 Å². The highest BCUT2D eigenvalue weighted by molar-refractivity contribution is 5.49. The van der Waals surface area contributed by atoms with Crippen LogP contribution in [0.4, 0.5) is 0 Å². The molecule has 0 fully saturated rings. The van der Waals surface area contributed by atoms with Crippen molar-refractivity contribution in [2.75, 3.05) is 0 Å². The van der Waals surface area contributed by atoms with Crippen molar-refractivity contribution in [3.63, 3.8) is 0 Å². The van der Waals surface area contributed by atoms with Gasteiger partial charge in [-0.05, 0) is 12.3 Å². The van der Waals surface area contributed by atoms with Gasteiger partial charge in [-0.1, -0.05) is 46.0 Å². The molecule has 0 aromatic heterocycles. The molecule has 0 aliphatic rings. The van der Waals surface area contributed by atoms with E-state index in [2.05, 4.69) is 13.8 Å². The number of hydrogen-bond donors (Lipinski definition) is 1. The number of hydrogen-bond acceptors (Lipinski definition) is 2.